The Balaban J connectivity index is 1.06. The van der Waals surface area contributed by atoms with Gasteiger partial charge >= 0.3 is 6.09 Å². The standard InChI is InChI=1S/C32H35FN4O4/c1-22-20-36(16-17-37(22)32(40)41-21-23-6-3-2-4-7-23)31(39)24-10-13-28(14-11-24)35-30(38)26-12-15-29(34-19-26)25-8-5-9-27(33)18-25/h2-9,12,15,18-19,22,24,28H,10-11,13-14,16-17,20-21H2,1H3,(H,35,38)/t22-,24-,28-/m0/s1. The molecule has 1 N–H and O–H groups in total. The molecule has 41 heavy (non-hydrogen) atoms. The van der Waals surface area contributed by atoms with E-state index in [4.69, 9.17) is 4.74 Å². The van der Waals surface area contributed by atoms with E-state index in [0.29, 0.717) is 49.3 Å². The first-order valence-electron chi connectivity index (χ1n) is 14.2. The van der Waals surface area contributed by atoms with Crippen LogP contribution in [0.2, 0.25) is 0 Å². The van der Waals surface area contributed by atoms with Crippen molar-refractivity contribution in [3.8, 4) is 11.3 Å². The molecule has 1 atom stereocenters. The lowest BCUT2D eigenvalue weighted by molar-refractivity contribution is -0.139. The molecule has 0 bridgehead atoms. The Bertz CT molecular complexity index is 1360. The van der Waals surface area contributed by atoms with Crippen LogP contribution in [0.5, 0.6) is 0 Å². The van der Waals surface area contributed by atoms with Crippen molar-refractivity contribution in [3.05, 3.63) is 89.9 Å². The fourth-order valence-corrected chi connectivity index (χ4v) is 5.59. The largest absolute Gasteiger partial charge is 0.445 e. The summed E-state index contributed by atoms with van der Waals surface area (Å²) in [5.41, 5.74) is 2.63. The first kappa shape index (κ1) is 28.3. The molecule has 1 saturated carbocycles. The zero-order valence-electron chi connectivity index (χ0n) is 23.2. The van der Waals surface area contributed by atoms with E-state index in [1.807, 2.05) is 42.2 Å². The van der Waals surface area contributed by atoms with Gasteiger partial charge in [-0.1, -0.05) is 42.5 Å². The van der Waals surface area contributed by atoms with Gasteiger partial charge in [0.25, 0.3) is 5.91 Å². The molecule has 1 aromatic heterocycles. The third-order valence-electron chi connectivity index (χ3n) is 7.94. The second-order valence-corrected chi connectivity index (χ2v) is 10.8. The number of hydrogen-bond acceptors (Lipinski definition) is 5. The van der Waals surface area contributed by atoms with Crippen molar-refractivity contribution in [3.63, 3.8) is 0 Å². The van der Waals surface area contributed by atoms with Crippen molar-refractivity contribution in [2.45, 2.75) is 51.3 Å². The molecule has 214 valence electrons. The lowest BCUT2D eigenvalue weighted by atomic mass is 9.84. The number of nitrogens with one attached hydrogen (secondary N) is 1. The fraction of sp³-hybridized carbons (Fsp3) is 0.375. The predicted molar refractivity (Wildman–Crippen MR) is 152 cm³/mol. The lowest BCUT2D eigenvalue weighted by Gasteiger charge is -2.41. The van der Waals surface area contributed by atoms with E-state index in [9.17, 15) is 18.8 Å². The summed E-state index contributed by atoms with van der Waals surface area (Å²) in [6, 6.07) is 19.0. The minimum absolute atomic E-state index is 0.00963. The molecule has 3 aromatic rings. The number of pyridine rings is 1. The highest BCUT2D eigenvalue weighted by molar-refractivity contribution is 5.94. The predicted octanol–water partition coefficient (Wildman–Crippen LogP) is 5.05. The molecule has 8 nitrogen and oxygen atoms in total. The number of rotatable bonds is 6. The van der Waals surface area contributed by atoms with E-state index < -0.39 is 0 Å². The maximum atomic E-state index is 13.5. The van der Waals surface area contributed by atoms with Crippen LogP contribution < -0.4 is 5.32 Å². The van der Waals surface area contributed by atoms with Gasteiger partial charge in [-0.25, -0.2) is 9.18 Å². The van der Waals surface area contributed by atoms with Crippen LogP contribution in [0, 0.1) is 11.7 Å². The number of benzene rings is 2. The Morgan fingerprint density at radius 2 is 1.76 bits per heavy atom. The number of amides is 3. The molecule has 2 heterocycles. The first-order valence-corrected chi connectivity index (χ1v) is 14.2. The minimum Gasteiger partial charge on any atom is -0.445 e. The normalized spacial score (nSPS) is 20.8. The van der Waals surface area contributed by atoms with Gasteiger partial charge in [-0.05, 0) is 62.4 Å². The monoisotopic (exact) mass is 558 g/mol. The highest BCUT2D eigenvalue weighted by atomic mass is 19.1. The Morgan fingerprint density at radius 1 is 0.976 bits per heavy atom. The van der Waals surface area contributed by atoms with Gasteiger partial charge in [-0.3, -0.25) is 14.6 Å². The van der Waals surface area contributed by atoms with E-state index in [2.05, 4.69) is 10.3 Å². The van der Waals surface area contributed by atoms with Gasteiger partial charge in [-0.15, -0.1) is 0 Å². The molecule has 0 unspecified atom stereocenters. The van der Waals surface area contributed by atoms with Crippen molar-refractivity contribution >= 4 is 17.9 Å². The summed E-state index contributed by atoms with van der Waals surface area (Å²) < 4.78 is 19.0. The van der Waals surface area contributed by atoms with Crippen LogP contribution in [-0.4, -0.2) is 64.4 Å². The summed E-state index contributed by atoms with van der Waals surface area (Å²) in [6.45, 7) is 3.57. The summed E-state index contributed by atoms with van der Waals surface area (Å²) >= 11 is 0. The highest BCUT2D eigenvalue weighted by Crippen LogP contribution is 2.28. The zero-order valence-corrected chi connectivity index (χ0v) is 23.2. The number of hydrogen-bond donors (Lipinski definition) is 1. The van der Waals surface area contributed by atoms with E-state index >= 15 is 0 Å². The summed E-state index contributed by atoms with van der Waals surface area (Å²) in [6.07, 6.45) is 3.99. The number of halogens is 1. The highest BCUT2D eigenvalue weighted by Gasteiger charge is 2.35. The maximum absolute atomic E-state index is 13.5. The second kappa shape index (κ2) is 12.9. The van der Waals surface area contributed by atoms with Crippen LogP contribution >= 0.6 is 0 Å². The Labute approximate surface area is 239 Å². The van der Waals surface area contributed by atoms with Crippen LogP contribution in [0.4, 0.5) is 9.18 Å². The SMILES string of the molecule is C[C@H]1CN(C(=O)[C@H]2CC[C@H](NC(=O)c3ccc(-c4cccc(F)c4)nc3)CC2)CCN1C(=O)OCc1ccccc1. The lowest BCUT2D eigenvalue weighted by Crippen LogP contribution is -2.56. The number of carbonyl (C=O) groups excluding carboxylic acids is 3. The average molecular weight is 559 g/mol. The molecule has 2 aromatic carbocycles. The zero-order chi connectivity index (χ0) is 28.8. The second-order valence-electron chi connectivity index (χ2n) is 10.8. The number of ether oxygens (including phenoxy) is 1. The smallest absolute Gasteiger partial charge is 0.410 e. The Morgan fingerprint density at radius 3 is 2.44 bits per heavy atom. The maximum Gasteiger partial charge on any atom is 0.410 e. The number of aromatic nitrogens is 1. The third-order valence-corrected chi connectivity index (χ3v) is 7.94. The molecule has 2 aliphatic rings. The minimum atomic E-state index is -0.358. The number of nitrogens with zero attached hydrogens (tertiary/aromatic N) is 3. The van der Waals surface area contributed by atoms with E-state index in [1.54, 1.807) is 29.2 Å². The third kappa shape index (κ3) is 7.09. The molecular weight excluding hydrogens is 523 g/mol. The van der Waals surface area contributed by atoms with Crippen LogP contribution in [0.15, 0.2) is 72.9 Å². The topological polar surface area (TPSA) is 91.8 Å². The van der Waals surface area contributed by atoms with Gasteiger partial charge in [0.05, 0.1) is 11.3 Å². The van der Waals surface area contributed by atoms with Gasteiger partial charge in [0.1, 0.15) is 12.4 Å². The number of carbonyl (C=O) groups is 3. The van der Waals surface area contributed by atoms with Crippen molar-refractivity contribution in [1.82, 2.24) is 20.1 Å². The molecule has 3 amide bonds. The fourth-order valence-electron chi connectivity index (χ4n) is 5.59. The number of piperazine rings is 1. The molecule has 1 saturated heterocycles. The molecule has 2 fully saturated rings. The van der Waals surface area contributed by atoms with Crippen molar-refractivity contribution in [1.29, 1.82) is 0 Å². The molecule has 0 spiro atoms. The van der Waals surface area contributed by atoms with Crippen LogP contribution in [0.3, 0.4) is 0 Å². The molecule has 1 aliphatic heterocycles. The van der Waals surface area contributed by atoms with Crippen LogP contribution in [0.25, 0.3) is 11.3 Å². The molecular formula is C32H35FN4O4. The van der Waals surface area contributed by atoms with Crippen molar-refractivity contribution < 1.29 is 23.5 Å². The van der Waals surface area contributed by atoms with Crippen molar-refractivity contribution in [2.24, 2.45) is 5.92 Å². The summed E-state index contributed by atoms with van der Waals surface area (Å²) in [5.74, 6) is -0.506. The van der Waals surface area contributed by atoms with Crippen LogP contribution in [-0.2, 0) is 16.1 Å². The summed E-state index contributed by atoms with van der Waals surface area (Å²) in [4.78, 5) is 46.6. The summed E-state index contributed by atoms with van der Waals surface area (Å²) in [5, 5.41) is 3.07. The van der Waals surface area contributed by atoms with Gasteiger partial charge in [0.2, 0.25) is 5.91 Å². The van der Waals surface area contributed by atoms with Gasteiger partial charge in [0, 0.05) is 49.4 Å². The van der Waals surface area contributed by atoms with E-state index in [-0.39, 0.29) is 48.3 Å². The van der Waals surface area contributed by atoms with Gasteiger partial charge in [0.15, 0.2) is 0 Å². The Kier molecular flexibility index (Phi) is 8.91. The molecule has 9 heteroatoms. The van der Waals surface area contributed by atoms with Gasteiger partial charge < -0.3 is 19.9 Å². The molecule has 5 rings (SSSR count). The van der Waals surface area contributed by atoms with Crippen molar-refractivity contribution in [2.75, 3.05) is 19.6 Å². The van der Waals surface area contributed by atoms with E-state index in [1.165, 1.54) is 18.3 Å². The molecule has 1 aliphatic carbocycles. The Hall–Kier alpha value is -4.27. The van der Waals surface area contributed by atoms with Crippen LogP contribution in [0.1, 0.15) is 48.5 Å². The first-order chi connectivity index (χ1) is 19.9. The summed E-state index contributed by atoms with van der Waals surface area (Å²) in [7, 11) is 0. The quantitative estimate of drug-likeness (QED) is 0.458. The molecule has 0 radical (unpaired) electrons. The van der Waals surface area contributed by atoms with Gasteiger partial charge in [-0.2, -0.15) is 0 Å². The van der Waals surface area contributed by atoms with E-state index in [0.717, 1.165) is 18.4 Å². The average Bonchev–Trinajstić information content (AvgIpc) is 3.00.